The molecule has 0 bridgehead atoms. The largest absolute Gasteiger partial charge is 0.465 e. The van der Waals surface area contributed by atoms with Gasteiger partial charge in [0.15, 0.2) is 0 Å². The van der Waals surface area contributed by atoms with Crippen LogP contribution in [0.5, 0.6) is 0 Å². The molecule has 1 fully saturated rings. The van der Waals surface area contributed by atoms with Crippen molar-refractivity contribution in [2.45, 2.75) is 32.1 Å². The number of hydrogen-bond acceptors (Lipinski definition) is 2. The van der Waals surface area contributed by atoms with E-state index in [4.69, 9.17) is 10.5 Å². The van der Waals surface area contributed by atoms with Gasteiger partial charge in [-0.25, -0.2) is 0 Å². The SMILES string of the molecule is [NH]CC1(C(=O)OCCc2ccccc2)CCCC1. The summed E-state index contributed by atoms with van der Waals surface area (Å²) in [5, 5.41) is 0. The lowest BCUT2D eigenvalue weighted by Crippen LogP contribution is -2.34. The summed E-state index contributed by atoms with van der Waals surface area (Å²) < 4.78 is 5.37. The van der Waals surface area contributed by atoms with E-state index in [1.807, 2.05) is 30.3 Å². The Hall–Kier alpha value is -1.35. The van der Waals surface area contributed by atoms with Crippen LogP contribution in [-0.4, -0.2) is 19.1 Å². The number of esters is 1. The second-order valence-corrected chi connectivity index (χ2v) is 5.04. The van der Waals surface area contributed by atoms with Crippen LogP contribution >= 0.6 is 0 Å². The molecule has 1 N–H and O–H groups in total. The van der Waals surface area contributed by atoms with Crippen molar-refractivity contribution in [2.24, 2.45) is 5.41 Å². The highest BCUT2D eigenvalue weighted by molar-refractivity contribution is 5.77. The molecule has 1 aromatic rings. The van der Waals surface area contributed by atoms with Crippen LogP contribution < -0.4 is 5.73 Å². The Balaban J connectivity index is 1.81. The molecule has 1 saturated carbocycles. The number of ether oxygens (including phenoxy) is 1. The lowest BCUT2D eigenvalue weighted by molar-refractivity contribution is -0.155. The smallest absolute Gasteiger partial charge is 0.313 e. The summed E-state index contributed by atoms with van der Waals surface area (Å²) in [5.41, 5.74) is 8.25. The second-order valence-electron chi connectivity index (χ2n) is 5.04. The van der Waals surface area contributed by atoms with Gasteiger partial charge in [-0.15, -0.1) is 0 Å². The van der Waals surface area contributed by atoms with E-state index in [1.54, 1.807) is 0 Å². The molecular formula is C15H20NO2. The van der Waals surface area contributed by atoms with E-state index in [-0.39, 0.29) is 12.5 Å². The summed E-state index contributed by atoms with van der Waals surface area (Å²) in [6.07, 6.45) is 4.49. The summed E-state index contributed by atoms with van der Waals surface area (Å²) in [6.45, 7) is 0.585. The fourth-order valence-corrected chi connectivity index (χ4v) is 2.56. The first-order valence-electron chi connectivity index (χ1n) is 6.63. The molecule has 0 saturated heterocycles. The predicted octanol–water partition coefficient (Wildman–Crippen LogP) is 2.62. The molecule has 1 aliphatic carbocycles. The zero-order valence-electron chi connectivity index (χ0n) is 10.7. The van der Waals surface area contributed by atoms with Crippen molar-refractivity contribution in [3.05, 3.63) is 35.9 Å². The molecule has 0 unspecified atom stereocenters. The maximum absolute atomic E-state index is 12.0. The lowest BCUT2D eigenvalue weighted by atomic mass is 9.86. The van der Waals surface area contributed by atoms with E-state index in [0.717, 1.165) is 32.1 Å². The Kier molecular flexibility index (Phi) is 4.37. The zero-order chi connectivity index (χ0) is 12.8. The van der Waals surface area contributed by atoms with Crippen LogP contribution in [0.2, 0.25) is 0 Å². The van der Waals surface area contributed by atoms with Gasteiger partial charge in [0, 0.05) is 13.0 Å². The molecule has 1 radical (unpaired) electrons. The van der Waals surface area contributed by atoms with E-state index in [1.165, 1.54) is 5.56 Å². The Morgan fingerprint density at radius 3 is 2.50 bits per heavy atom. The van der Waals surface area contributed by atoms with Crippen LogP contribution in [-0.2, 0) is 16.0 Å². The van der Waals surface area contributed by atoms with Gasteiger partial charge in [0.1, 0.15) is 0 Å². The number of carbonyl (C=O) groups is 1. The summed E-state index contributed by atoms with van der Waals surface area (Å²) >= 11 is 0. The van der Waals surface area contributed by atoms with Crippen molar-refractivity contribution in [3.63, 3.8) is 0 Å². The van der Waals surface area contributed by atoms with E-state index in [9.17, 15) is 4.79 Å². The van der Waals surface area contributed by atoms with E-state index < -0.39 is 5.41 Å². The third-order valence-electron chi connectivity index (χ3n) is 3.80. The molecule has 3 heteroatoms. The highest BCUT2D eigenvalue weighted by atomic mass is 16.5. The lowest BCUT2D eigenvalue weighted by Gasteiger charge is -2.24. The van der Waals surface area contributed by atoms with Crippen molar-refractivity contribution in [2.75, 3.05) is 13.2 Å². The van der Waals surface area contributed by atoms with Crippen LogP contribution in [0.1, 0.15) is 31.2 Å². The molecule has 3 nitrogen and oxygen atoms in total. The van der Waals surface area contributed by atoms with Crippen molar-refractivity contribution < 1.29 is 9.53 Å². The minimum atomic E-state index is -0.503. The van der Waals surface area contributed by atoms with Gasteiger partial charge < -0.3 is 4.74 Å². The Bertz CT molecular complexity index is 383. The van der Waals surface area contributed by atoms with Gasteiger partial charge in [-0.2, -0.15) is 0 Å². The molecule has 2 rings (SSSR count). The molecule has 0 atom stereocenters. The van der Waals surface area contributed by atoms with Crippen molar-refractivity contribution in [1.29, 1.82) is 0 Å². The standard InChI is InChI=1S/C15H20NO2/c16-12-15(9-4-5-10-15)14(17)18-11-8-13-6-2-1-3-7-13/h1-3,6-7,16H,4-5,8-12H2. The first-order valence-corrected chi connectivity index (χ1v) is 6.63. The fourth-order valence-electron chi connectivity index (χ4n) is 2.56. The molecule has 0 aliphatic heterocycles. The highest BCUT2D eigenvalue weighted by Gasteiger charge is 2.41. The first kappa shape index (κ1) is 13.1. The average molecular weight is 246 g/mol. The van der Waals surface area contributed by atoms with Crippen molar-refractivity contribution in [1.82, 2.24) is 5.73 Å². The zero-order valence-corrected chi connectivity index (χ0v) is 10.7. The third kappa shape index (κ3) is 2.91. The minimum absolute atomic E-state index is 0.161. The van der Waals surface area contributed by atoms with Gasteiger partial charge in [0.05, 0.1) is 12.0 Å². The predicted molar refractivity (Wildman–Crippen MR) is 70.0 cm³/mol. The normalized spacial score (nSPS) is 17.6. The summed E-state index contributed by atoms with van der Waals surface area (Å²) in [5.74, 6) is -0.161. The second kappa shape index (κ2) is 6.01. The molecule has 1 aliphatic rings. The maximum Gasteiger partial charge on any atom is 0.313 e. The maximum atomic E-state index is 12.0. The number of rotatable bonds is 5. The quantitative estimate of drug-likeness (QED) is 0.750. The number of hydrogen-bond donors (Lipinski definition) is 0. The van der Waals surface area contributed by atoms with Gasteiger partial charge in [0.25, 0.3) is 0 Å². The molecular weight excluding hydrogens is 226 g/mol. The van der Waals surface area contributed by atoms with Crippen molar-refractivity contribution in [3.8, 4) is 0 Å². The van der Waals surface area contributed by atoms with E-state index in [0.29, 0.717) is 6.61 Å². The summed E-state index contributed by atoms with van der Waals surface area (Å²) in [7, 11) is 0. The fraction of sp³-hybridized carbons (Fsp3) is 0.533. The van der Waals surface area contributed by atoms with Gasteiger partial charge in [0.2, 0.25) is 0 Å². The highest BCUT2D eigenvalue weighted by Crippen LogP contribution is 2.38. The van der Waals surface area contributed by atoms with Gasteiger partial charge in [-0.1, -0.05) is 43.2 Å². The number of nitrogens with one attached hydrogen (secondary N) is 1. The Labute approximate surface area is 108 Å². The van der Waals surface area contributed by atoms with Crippen LogP contribution in [0.25, 0.3) is 0 Å². The number of benzene rings is 1. The van der Waals surface area contributed by atoms with E-state index in [2.05, 4.69) is 0 Å². The van der Waals surface area contributed by atoms with E-state index >= 15 is 0 Å². The molecule has 0 heterocycles. The first-order chi connectivity index (χ1) is 8.77. The summed E-state index contributed by atoms with van der Waals surface area (Å²) in [6, 6.07) is 10.0. The molecule has 0 aromatic heterocycles. The third-order valence-corrected chi connectivity index (χ3v) is 3.80. The topological polar surface area (TPSA) is 50.1 Å². The van der Waals surface area contributed by atoms with Crippen LogP contribution in [0, 0.1) is 5.41 Å². The monoisotopic (exact) mass is 246 g/mol. The van der Waals surface area contributed by atoms with Gasteiger partial charge in [-0.05, 0) is 18.4 Å². The van der Waals surface area contributed by atoms with Crippen LogP contribution in [0.3, 0.4) is 0 Å². The van der Waals surface area contributed by atoms with Gasteiger partial charge in [-0.3, -0.25) is 10.5 Å². The van der Waals surface area contributed by atoms with Crippen molar-refractivity contribution >= 4 is 5.97 Å². The summed E-state index contributed by atoms with van der Waals surface area (Å²) in [4.78, 5) is 12.0. The molecule has 97 valence electrons. The van der Waals surface area contributed by atoms with Crippen LogP contribution in [0.15, 0.2) is 30.3 Å². The average Bonchev–Trinajstić information content (AvgIpc) is 2.90. The molecule has 0 spiro atoms. The Morgan fingerprint density at radius 2 is 1.89 bits per heavy atom. The van der Waals surface area contributed by atoms with Gasteiger partial charge >= 0.3 is 5.97 Å². The number of carbonyl (C=O) groups excluding carboxylic acids is 1. The van der Waals surface area contributed by atoms with Crippen LogP contribution in [0.4, 0.5) is 0 Å². The molecule has 18 heavy (non-hydrogen) atoms. The molecule has 0 amide bonds. The molecule has 1 aromatic carbocycles. The Morgan fingerprint density at radius 1 is 1.22 bits per heavy atom. The minimum Gasteiger partial charge on any atom is -0.465 e.